The number of amides is 1. The molecule has 0 saturated heterocycles. The molecule has 3 rings (SSSR count). The van der Waals surface area contributed by atoms with Crippen molar-refractivity contribution >= 4 is 11.7 Å². The average molecular weight is 215 g/mol. The molecule has 2 aliphatic rings. The Morgan fingerprint density at radius 3 is 2.88 bits per heavy atom. The predicted molar refractivity (Wildman–Crippen MR) is 59.3 cm³/mol. The van der Waals surface area contributed by atoms with Crippen LogP contribution in [0, 0.1) is 5.41 Å². The second-order valence-electron chi connectivity index (χ2n) is 4.47. The zero-order valence-corrected chi connectivity index (χ0v) is 9.16. The first-order valence-electron chi connectivity index (χ1n) is 5.53. The summed E-state index contributed by atoms with van der Waals surface area (Å²) in [5.41, 5.74) is 2.76. The van der Waals surface area contributed by atoms with Crippen molar-refractivity contribution in [3.63, 3.8) is 0 Å². The fourth-order valence-corrected chi connectivity index (χ4v) is 2.09. The standard InChI is InChI=1S/C12H13N3O/c1-7(16)15-6-9-4-5-10(8-2-3-8)14-11(9)12(15)13/h4-5,8,13H,2-3,6H2,1H3. The number of carbonyl (C=O) groups is 1. The van der Waals surface area contributed by atoms with Gasteiger partial charge < -0.3 is 0 Å². The van der Waals surface area contributed by atoms with Crippen molar-refractivity contribution in [2.45, 2.75) is 32.2 Å². The predicted octanol–water partition coefficient (Wildman–Crippen LogP) is 1.65. The van der Waals surface area contributed by atoms with E-state index in [2.05, 4.69) is 4.98 Å². The van der Waals surface area contributed by atoms with Gasteiger partial charge in [-0.3, -0.25) is 15.1 Å². The van der Waals surface area contributed by atoms with Gasteiger partial charge in [0, 0.05) is 24.1 Å². The lowest BCUT2D eigenvalue weighted by molar-refractivity contribution is -0.125. The van der Waals surface area contributed by atoms with Crippen LogP contribution >= 0.6 is 0 Å². The smallest absolute Gasteiger partial charge is 0.225 e. The van der Waals surface area contributed by atoms with Crippen LogP contribution in [0.15, 0.2) is 12.1 Å². The highest BCUT2D eigenvalue weighted by atomic mass is 16.2. The van der Waals surface area contributed by atoms with Crippen LogP contribution < -0.4 is 0 Å². The first-order chi connectivity index (χ1) is 7.66. The summed E-state index contributed by atoms with van der Waals surface area (Å²) in [5, 5.41) is 7.92. The van der Waals surface area contributed by atoms with E-state index >= 15 is 0 Å². The number of amidine groups is 1. The van der Waals surface area contributed by atoms with Crippen LogP contribution in [-0.2, 0) is 11.3 Å². The van der Waals surface area contributed by atoms with Crippen LogP contribution in [0.5, 0.6) is 0 Å². The van der Waals surface area contributed by atoms with Crippen LogP contribution in [0.2, 0.25) is 0 Å². The van der Waals surface area contributed by atoms with Crippen LogP contribution in [0.3, 0.4) is 0 Å². The van der Waals surface area contributed by atoms with Gasteiger partial charge in [0.1, 0.15) is 5.69 Å². The number of hydrogen-bond donors (Lipinski definition) is 1. The van der Waals surface area contributed by atoms with Crippen LogP contribution in [0.4, 0.5) is 0 Å². The van der Waals surface area contributed by atoms with Crippen molar-refractivity contribution in [3.05, 3.63) is 29.1 Å². The van der Waals surface area contributed by atoms with E-state index in [9.17, 15) is 4.79 Å². The molecule has 1 aromatic rings. The third-order valence-electron chi connectivity index (χ3n) is 3.20. The molecule has 1 aliphatic heterocycles. The number of nitrogens with zero attached hydrogens (tertiary/aromatic N) is 2. The van der Waals surface area contributed by atoms with Gasteiger partial charge in [-0.1, -0.05) is 6.07 Å². The van der Waals surface area contributed by atoms with Crippen LogP contribution in [-0.4, -0.2) is 21.6 Å². The van der Waals surface area contributed by atoms with Gasteiger partial charge >= 0.3 is 0 Å². The van der Waals surface area contributed by atoms with Crippen LogP contribution in [0.1, 0.15) is 42.6 Å². The van der Waals surface area contributed by atoms with Gasteiger partial charge in [0.15, 0.2) is 5.84 Å². The molecule has 4 heteroatoms. The second-order valence-corrected chi connectivity index (χ2v) is 4.47. The van der Waals surface area contributed by atoms with Gasteiger partial charge in [0.05, 0.1) is 6.54 Å². The monoisotopic (exact) mass is 215 g/mol. The van der Waals surface area contributed by atoms with E-state index < -0.39 is 0 Å². The highest BCUT2D eigenvalue weighted by Gasteiger charge is 2.31. The highest BCUT2D eigenvalue weighted by Crippen LogP contribution is 2.39. The molecule has 1 aliphatic carbocycles. The quantitative estimate of drug-likeness (QED) is 0.774. The molecule has 0 radical (unpaired) electrons. The Morgan fingerprint density at radius 1 is 1.50 bits per heavy atom. The molecular weight excluding hydrogens is 202 g/mol. The van der Waals surface area contributed by atoms with Gasteiger partial charge in [0.2, 0.25) is 5.91 Å². The van der Waals surface area contributed by atoms with Gasteiger partial charge in [-0.05, 0) is 18.9 Å². The lowest BCUT2D eigenvalue weighted by Gasteiger charge is -2.11. The molecule has 1 fully saturated rings. The van der Waals surface area contributed by atoms with E-state index in [-0.39, 0.29) is 11.7 Å². The largest absolute Gasteiger partial charge is 0.291 e. The second kappa shape index (κ2) is 3.14. The number of nitrogens with one attached hydrogen (secondary N) is 1. The van der Waals surface area contributed by atoms with E-state index in [1.165, 1.54) is 24.7 Å². The molecule has 82 valence electrons. The number of aromatic nitrogens is 1. The zero-order chi connectivity index (χ0) is 11.3. The zero-order valence-electron chi connectivity index (χ0n) is 9.16. The summed E-state index contributed by atoms with van der Waals surface area (Å²) in [5.74, 6) is 0.755. The molecule has 0 unspecified atom stereocenters. The van der Waals surface area contributed by atoms with E-state index in [4.69, 9.17) is 5.41 Å². The third kappa shape index (κ3) is 1.33. The van der Waals surface area contributed by atoms with Gasteiger partial charge in [-0.2, -0.15) is 0 Å². The topological polar surface area (TPSA) is 57.1 Å². The minimum Gasteiger partial charge on any atom is -0.291 e. The van der Waals surface area contributed by atoms with E-state index in [1.54, 1.807) is 0 Å². The summed E-state index contributed by atoms with van der Waals surface area (Å²) in [4.78, 5) is 17.3. The first-order valence-corrected chi connectivity index (χ1v) is 5.53. The fraction of sp³-hybridized carbons (Fsp3) is 0.417. The molecule has 1 amide bonds. The number of rotatable bonds is 1. The Morgan fingerprint density at radius 2 is 2.25 bits per heavy atom. The minimum absolute atomic E-state index is 0.0871. The Hall–Kier alpha value is -1.71. The Kier molecular flexibility index (Phi) is 1.87. The van der Waals surface area contributed by atoms with Crippen molar-refractivity contribution in [1.82, 2.24) is 9.88 Å². The molecule has 1 aromatic heterocycles. The Balaban J connectivity index is 2.00. The normalized spacial score (nSPS) is 18.8. The van der Waals surface area contributed by atoms with Gasteiger partial charge in [0.25, 0.3) is 0 Å². The Bertz CT molecular complexity index is 491. The van der Waals surface area contributed by atoms with Crippen molar-refractivity contribution in [2.24, 2.45) is 0 Å². The molecule has 2 heterocycles. The summed E-state index contributed by atoms with van der Waals surface area (Å²) in [6.45, 7) is 1.99. The van der Waals surface area contributed by atoms with Crippen molar-refractivity contribution in [1.29, 1.82) is 5.41 Å². The molecular formula is C12H13N3O. The number of hydrogen-bond acceptors (Lipinski definition) is 3. The summed E-state index contributed by atoms with van der Waals surface area (Å²) in [6, 6.07) is 4.04. The number of pyridine rings is 1. The summed E-state index contributed by atoms with van der Waals surface area (Å²) >= 11 is 0. The summed E-state index contributed by atoms with van der Waals surface area (Å²) in [6.07, 6.45) is 2.41. The SMILES string of the molecule is CC(=O)N1Cc2ccc(C3CC3)nc2C1=N. The number of fused-ring (bicyclic) bond motifs is 1. The first kappa shape index (κ1) is 9.51. The lowest BCUT2D eigenvalue weighted by atomic mass is 10.1. The van der Waals surface area contributed by atoms with E-state index in [1.807, 2.05) is 12.1 Å². The molecule has 0 spiro atoms. The fourth-order valence-electron chi connectivity index (χ4n) is 2.09. The van der Waals surface area contributed by atoms with E-state index in [0.29, 0.717) is 18.2 Å². The molecule has 1 saturated carbocycles. The molecule has 4 nitrogen and oxygen atoms in total. The van der Waals surface area contributed by atoms with Crippen molar-refractivity contribution in [3.8, 4) is 0 Å². The summed E-state index contributed by atoms with van der Waals surface area (Å²) < 4.78 is 0. The molecule has 16 heavy (non-hydrogen) atoms. The Labute approximate surface area is 93.8 Å². The molecule has 1 N–H and O–H groups in total. The maximum absolute atomic E-state index is 11.3. The van der Waals surface area contributed by atoms with Gasteiger partial charge in [-0.25, -0.2) is 4.98 Å². The van der Waals surface area contributed by atoms with Crippen molar-refractivity contribution in [2.75, 3.05) is 0 Å². The minimum atomic E-state index is -0.0871. The number of carbonyl (C=O) groups excluding carboxylic acids is 1. The van der Waals surface area contributed by atoms with Crippen molar-refractivity contribution < 1.29 is 4.79 Å². The van der Waals surface area contributed by atoms with Gasteiger partial charge in [-0.15, -0.1) is 0 Å². The average Bonchev–Trinajstić information content (AvgIpc) is 3.04. The van der Waals surface area contributed by atoms with Crippen LogP contribution in [0.25, 0.3) is 0 Å². The lowest BCUT2D eigenvalue weighted by Crippen LogP contribution is -2.28. The highest BCUT2D eigenvalue weighted by molar-refractivity contribution is 6.07. The maximum Gasteiger partial charge on any atom is 0.225 e. The summed E-state index contributed by atoms with van der Waals surface area (Å²) in [7, 11) is 0. The molecule has 0 aromatic carbocycles. The molecule has 0 bridgehead atoms. The maximum atomic E-state index is 11.3. The van der Waals surface area contributed by atoms with E-state index in [0.717, 1.165) is 11.3 Å². The third-order valence-corrected chi connectivity index (χ3v) is 3.20. The molecule has 0 atom stereocenters.